The lowest BCUT2D eigenvalue weighted by Gasteiger charge is -2.29. The first-order chi connectivity index (χ1) is 12.4. The van der Waals surface area contributed by atoms with Gasteiger partial charge in [-0.05, 0) is 38.7 Å². The highest BCUT2D eigenvalue weighted by Gasteiger charge is 2.36. The topological polar surface area (TPSA) is 110 Å². The predicted molar refractivity (Wildman–Crippen MR) is 94.1 cm³/mol. The van der Waals surface area contributed by atoms with E-state index in [1.165, 1.54) is 7.11 Å². The van der Waals surface area contributed by atoms with Gasteiger partial charge in [0.25, 0.3) is 0 Å². The van der Waals surface area contributed by atoms with Crippen LogP contribution in [0.3, 0.4) is 0 Å². The number of carbonyl (C=O) groups is 2. The van der Waals surface area contributed by atoms with Crippen LogP contribution in [0.5, 0.6) is 0 Å². The molecule has 0 spiro atoms. The van der Waals surface area contributed by atoms with Gasteiger partial charge < -0.3 is 14.6 Å². The van der Waals surface area contributed by atoms with E-state index >= 15 is 0 Å². The lowest BCUT2D eigenvalue weighted by Crippen LogP contribution is -2.30. The molecule has 138 valence electrons. The smallest absolute Gasteiger partial charge is 0.311 e. The number of aromatic nitrogens is 3. The van der Waals surface area contributed by atoms with Crippen molar-refractivity contribution < 1.29 is 18.8 Å². The van der Waals surface area contributed by atoms with Crippen LogP contribution in [-0.4, -0.2) is 34.3 Å². The maximum atomic E-state index is 12.1. The highest BCUT2D eigenvalue weighted by molar-refractivity contribution is 5.91. The molecule has 2 N–H and O–H groups in total. The number of amides is 1. The maximum Gasteiger partial charge on any atom is 0.311 e. The van der Waals surface area contributed by atoms with Gasteiger partial charge in [-0.2, -0.15) is 5.10 Å². The van der Waals surface area contributed by atoms with Gasteiger partial charge in [0, 0.05) is 12.1 Å². The molecule has 1 atom stereocenters. The number of hydrogen-bond donors (Lipinski definition) is 2. The summed E-state index contributed by atoms with van der Waals surface area (Å²) in [6, 6.07) is 3.51. The van der Waals surface area contributed by atoms with Gasteiger partial charge >= 0.3 is 5.97 Å². The second-order valence-corrected chi connectivity index (χ2v) is 6.81. The van der Waals surface area contributed by atoms with Crippen molar-refractivity contribution in [2.45, 2.75) is 39.5 Å². The number of anilines is 1. The molecule has 1 unspecified atom stereocenters. The molecule has 0 radical (unpaired) electrons. The van der Waals surface area contributed by atoms with Gasteiger partial charge in [0.1, 0.15) is 5.76 Å². The van der Waals surface area contributed by atoms with Crippen molar-refractivity contribution in [2.24, 2.45) is 5.41 Å². The summed E-state index contributed by atoms with van der Waals surface area (Å²) >= 11 is 0. The average Bonchev–Trinajstić information content (AvgIpc) is 3.23. The van der Waals surface area contributed by atoms with E-state index in [1.807, 2.05) is 13.0 Å². The first kappa shape index (κ1) is 17.9. The van der Waals surface area contributed by atoms with Gasteiger partial charge in [-0.15, -0.1) is 0 Å². The summed E-state index contributed by atoms with van der Waals surface area (Å²) in [5, 5.41) is 13.6. The molecule has 0 aromatic carbocycles. The number of allylic oxidation sites excluding steroid dienone is 2. The first-order valence-corrected chi connectivity index (χ1v) is 8.45. The molecule has 2 aromatic heterocycles. The van der Waals surface area contributed by atoms with Crippen LogP contribution in [0, 0.1) is 12.3 Å². The largest absolute Gasteiger partial charge is 0.469 e. The Morgan fingerprint density at radius 1 is 1.42 bits per heavy atom. The third-order valence-corrected chi connectivity index (χ3v) is 4.63. The average molecular weight is 358 g/mol. The van der Waals surface area contributed by atoms with E-state index in [4.69, 9.17) is 9.26 Å². The molecule has 0 bridgehead atoms. The van der Waals surface area contributed by atoms with E-state index in [9.17, 15) is 9.59 Å². The number of aryl methyl sites for hydroxylation is 1. The first-order valence-electron chi connectivity index (χ1n) is 8.45. The van der Waals surface area contributed by atoms with Crippen LogP contribution in [-0.2, 0) is 20.7 Å². The molecule has 3 rings (SSSR count). The van der Waals surface area contributed by atoms with Crippen LogP contribution >= 0.6 is 0 Å². The molecule has 2 aromatic rings. The summed E-state index contributed by atoms with van der Waals surface area (Å²) in [5.41, 5.74) is 2.16. The highest BCUT2D eigenvalue weighted by atomic mass is 16.5. The molecule has 8 heteroatoms. The number of methoxy groups -OCH3 is 1. The fraction of sp³-hybridized carbons (Fsp3) is 0.444. The second-order valence-electron chi connectivity index (χ2n) is 6.81. The van der Waals surface area contributed by atoms with E-state index in [2.05, 4.69) is 20.7 Å². The molecule has 0 saturated carbocycles. The molecule has 2 heterocycles. The van der Waals surface area contributed by atoms with Crippen molar-refractivity contribution >= 4 is 23.3 Å². The third-order valence-electron chi connectivity index (χ3n) is 4.63. The Bertz CT molecular complexity index is 851. The number of rotatable bonds is 5. The predicted octanol–water partition coefficient (Wildman–Crippen LogP) is 2.63. The molecule has 0 fully saturated rings. The molecule has 1 amide bonds. The summed E-state index contributed by atoms with van der Waals surface area (Å²) < 4.78 is 9.92. The number of ether oxygens (including phenoxy) is 1. The standard InChI is InChI=1S/C18H22N4O4/c1-11-8-13(26-22-11)9-16(23)19-15-10-14(20-21-15)12-4-6-18(2,7-5-12)17(24)25-3/h4,8,10H,5-7,9H2,1-3H3,(H2,19,20,21,23). The maximum absolute atomic E-state index is 12.1. The Kier molecular flexibility index (Phi) is 4.92. The minimum absolute atomic E-state index is 0.100. The van der Waals surface area contributed by atoms with Crippen LogP contribution in [0.4, 0.5) is 5.82 Å². The van der Waals surface area contributed by atoms with Crippen LogP contribution < -0.4 is 5.32 Å². The third kappa shape index (κ3) is 3.84. The molecule has 8 nitrogen and oxygen atoms in total. The molecule has 0 aliphatic heterocycles. The summed E-state index contributed by atoms with van der Waals surface area (Å²) in [5.74, 6) is 0.541. The number of nitrogens with one attached hydrogen (secondary N) is 2. The van der Waals surface area contributed by atoms with E-state index in [0.29, 0.717) is 24.4 Å². The van der Waals surface area contributed by atoms with Gasteiger partial charge in [0.15, 0.2) is 5.82 Å². The van der Waals surface area contributed by atoms with Gasteiger partial charge in [-0.1, -0.05) is 11.2 Å². The minimum atomic E-state index is -0.482. The van der Waals surface area contributed by atoms with Crippen molar-refractivity contribution in [2.75, 3.05) is 12.4 Å². The lowest BCUT2D eigenvalue weighted by atomic mass is 9.76. The Labute approximate surface area is 151 Å². The zero-order valence-electron chi connectivity index (χ0n) is 15.1. The molecular formula is C18H22N4O4. The Hall–Kier alpha value is -2.90. The molecular weight excluding hydrogens is 336 g/mol. The van der Waals surface area contributed by atoms with Crippen LogP contribution in [0.15, 0.2) is 22.7 Å². The summed E-state index contributed by atoms with van der Waals surface area (Å²) in [7, 11) is 1.41. The fourth-order valence-corrected chi connectivity index (χ4v) is 3.03. The summed E-state index contributed by atoms with van der Waals surface area (Å²) in [6.07, 6.45) is 4.18. The molecule has 1 aliphatic rings. The Morgan fingerprint density at radius 2 is 2.23 bits per heavy atom. The number of aromatic amines is 1. The zero-order valence-corrected chi connectivity index (χ0v) is 15.1. The van der Waals surface area contributed by atoms with Crippen LogP contribution in [0.1, 0.15) is 43.3 Å². The zero-order chi connectivity index (χ0) is 18.7. The van der Waals surface area contributed by atoms with Gasteiger partial charge in [0.05, 0.1) is 30.3 Å². The lowest BCUT2D eigenvalue weighted by molar-refractivity contribution is -0.152. The van der Waals surface area contributed by atoms with E-state index in [-0.39, 0.29) is 18.3 Å². The van der Waals surface area contributed by atoms with Crippen molar-refractivity contribution in [3.8, 4) is 0 Å². The van der Waals surface area contributed by atoms with Crippen molar-refractivity contribution in [3.05, 3.63) is 35.4 Å². The second kappa shape index (κ2) is 7.15. The summed E-state index contributed by atoms with van der Waals surface area (Å²) in [4.78, 5) is 23.9. The van der Waals surface area contributed by atoms with E-state index < -0.39 is 5.41 Å². The number of H-pyrrole nitrogens is 1. The number of carbonyl (C=O) groups excluding carboxylic acids is 2. The van der Waals surface area contributed by atoms with Crippen LogP contribution in [0.2, 0.25) is 0 Å². The quantitative estimate of drug-likeness (QED) is 0.795. The van der Waals surface area contributed by atoms with Crippen molar-refractivity contribution in [3.63, 3.8) is 0 Å². The minimum Gasteiger partial charge on any atom is -0.469 e. The fourth-order valence-electron chi connectivity index (χ4n) is 3.03. The summed E-state index contributed by atoms with van der Waals surface area (Å²) in [6.45, 7) is 3.71. The van der Waals surface area contributed by atoms with Gasteiger partial charge in [-0.3, -0.25) is 14.7 Å². The molecule has 0 saturated heterocycles. The monoisotopic (exact) mass is 358 g/mol. The highest BCUT2D eigenvalue weighted by Crippen LogP contribution is 2.39. The number of esters is 1. The Morgan fingerprint density at radius 3 is 2.85 bits per heavy atom. The number of nitrogens with zero attached hydrogens (tertiary/aromatic N) is 2. The number of hydrogen-bond acceptors (Lipinski definition) is 6. The SMILES string of the molecule is COC(=O)C1(C)CC=C(c2cc(NC(=O)Cc3cc(C)no3)n[nH]2)CC1. The van der Waals surface area contributed by atoms with Crippen LogP contribution in [0.25, 0.3) is 5.57 Å². The normalized spacial score (nSPS) is 19.7. The van der Waals surface area contributed by atoms with Gasteiger partial charge in [-0.25, -0.2) is 0 Å². The van der Waals surface area contributed by atoms with E-state index in [0.717, 1.165) is 23.4 Å². The Balaban J connectivity index is 1.61. The van der Waals surface area contributed by atoms with E-state index in [1.54, 1.807) is 19.1 Å². The van der Waals surface area contributed by atoms with Crippen molar-refractivity contribution in [1.82, 2.24) is 15.4 Å². The van der Waals surface area contributed by atoms with Gasteiger partial charge in [0.2, 0.25) is 5.91 Å². The molecule has 1 aliphatic carbocycles. The molecule has 26 heavy (non-hydrogen) atoms. The van der Waals surface area contributed by atoms with Crippen molar-refractivity contribution in [1.29, 1.82) is 0 Å².